The van der Waals surface area contributed by atoms with Gasteiger partial charge in [-0.15, -0.1) is 0 Å². The second kappa shape index (κ2) is 8.26. The molecule has 1 saturated carbocycles. The maximum Gasteiger partial charge on any atom is 0.00817 e. The first-order valence-electron chi connectivity index (χ1n) is 8.74. The Morgan fingerprint density at radius 1 is 1.05 bits per heavy atom. The van der Waals surface area contributed by atoms with E-state index in [2.05, 4.69) is 24.5 Å². The van der Waals surface area contributed by atoms with Crippen molar-refractivity contribution in [2.45, 2.75) is 83.7 Å². The van der Waals surface area contributed by atoms with Crippen LogP contribution in [-0.4, -0.2) is 25.2 Å². The molecule has 1 aliphatic carbocycles. The Hall–Kier alpha value is -0.0800. The van der Waals surface area contributed by atoms with E-state index < -0.39 is 0 Å². The Balaban J connectivity index is 1.57. The molecule has 2 nitrogen and oxygen atoms in total. The molecule has 2 unspecified atom stereocenters. The van der Waals surface area contributed by atoms with Crippen LogP contribution in [0.15, 0.2) is 0 Å². The predicted molar refractivity (Wildman–Crippen MR) is 83.5 cm³/mol. The van der Waals surface area contributed by atoms with Crippen LogP contribution in [0.1, 0.15) is 71.6 Å². The van der Waals surface area contributed by atoms with Gasteiger partial charge in [0.15, 0.2) is 0 Å². The van der Waals surface area contributed by atoms with Crippen molar-refractivity contribution in [3.63, 3.8) is 0 Å². The highest BCUT2D eigenvalue weighted by atomic mass is 15.0. The smallest absolute Gasteiger partial charge is 0.00817 e. The Labute approximate surface area is 120 Å². The van der Waals surface area contributed by atoms with Gasteiger partial charge in [-0.25, -0.2) is 0 Å². The van der Waals surface area contributed by atoms with Crippen molar-refractivity contribution in [3.8, 4) is 0 Å². The SMILES string of the molecule is CCC1CCC(CNC(C)CC2CCCCN2)CC1. The third-order valence-corrected chi connectivity index (χ3v) is 5.35. The summed E-state index contributed by atoms with van der Waals surface area (Å²) in [5.74, 6) is 1.98. The number of hydrogen-bond acceptors (Lipinski definition) is 2. The normalized spacial score (nSPS) is 34.1. The van der Waals surface area contributed by atoms with Crippen LogP contribution in [0.5, 0.6) is 0 Å². The minimum atomic E-state index is 0.680. The first-order chi connectivity index (χ1) is 9.28. The number of hydrogen-bond donors (Lipinski definition) is 2. The average Bonchev–Trinajstić information content (AvgIpc) is 2.47. The number of rotatable bonds is 6. The lowest BCUT2D eigenvalue weighted by molar-refractivity contribution is 0.252. The first kappa shape index (κ1) is 15.3. The number of piperidine rings is 1. The summed E-state index contributed by atoms with van der Waals surface area (Å²) in [5.41, 5.74) is 0. The van der Waals surface area contributed by atoms with E-state index in [-0.39, 0.29) is 0 Å². The van der Waals surface area contributed by atoms with Crippen molar-refractivity contribution in [2.24, 2.45) is 11.8 Å². The summed E-state index contributed by atoms with van der Waals surface area (Å²) in [4.78, 5) is 0. The molecule has 0 aromatic rings. The second-order valence-corrected chi connectivity index (χ2v) is 6.99. The zero-order valence-corrected chi connectivity index (χ0v) is 13.1. The molecule has 0 aromatic carbocycles. The molecule has 2 fully saturated rings. The Morgan fingerprint density at radius 3 is 2.42 bits per heavy atom. The fourth-order valence-corrected chi connectivity index (χ4v) is 3.85. The summed E-state index contributed by atoms with van der Waals surface area (Å²) in [6.07, 6.45) is 12.7. The van der Waals surface area contributed by atoms with Gasteiger partial charge in [0, 0.05) is 12.1 Å². The molecule has 19 heavy (non-hydrogen) atoms. The van der Waals surface area contributed by atoms with Crippen LogP contribution in [0.3, 0.4) is 0 Å². The van der Waals surface area contributed by atoms with E-state index in [1.807, 2.05) is 0 Å². The summed E-state index contributed by atoms with van der Waals surface area (Å²) < 4.78 is 0. The van der Waals surface area contributed by atoms with E-state index in [1.165, 1.54) is 70.9 Å². The van der Waals surface area contributed by atoms with E-state index in [4.69, 9.17) is 0 Å². The van der Waals surface area contributed by atoms with Gasteiger partial charge in [-0.3, -0.25) is 0 Å². The third kappa shape index (κ3) is 5.43. The summed E-state index contributed by atoms with van der Waals surface area (Å²) in [6.45, 7) is 7.21. The van der Waals surface area contributed by atoms with Crippen LogP contribution < -0.4 is 10.6 Å². The number of nitrogens with one attached hydrogen (secondary N) is 2. The van der Waals surface area contributed by atoms with Gasteiger partial charge in [0.2, 0.25) is 0 Å². The molecular formula is C17H34N2. The van der Waals surface area contributed by atoms with Gasteiger partial charge in [-0.1, -0.05) is 32.6 Å². The molecule has 1 aliphatic heterocycles. The zero-order valence-electron chi connectivity index (χ0n) is 13.1. The fourth-order valence-electron chi connectivity index (χ4n) is 3.85. The highest BCUT2D eigenvalue weighted by Gasteiger charge is 2.21. The summed E-state index contributed by atoms with van der Waals surface area (Å²) in [6, 6.07) is 1.45. The molecule has 2 heteroatoms. The Morgan fingerprint density at radius 2 is 1.79 bits per heavy atom. The third-order valence-electron chi connectivity index (χ3n) is 5.35. The molecule has 2 aliphatic rings. The molecule has 1 heterocycles. The zero-order chi connectivity index (χ0) is 13.5. The maximum atomic E-state index is 3.79. The van der Waals surface area contributed by atoms with Gasteiger partial charge in [0.05, 0.1) is 0 Å². The molecule has 0 amide bonds. The molecule has 0 radical (unpaired) electrons. The quantitative estimate of drug-likeness (QED) is 0.766. The van der Waals surface area contributed by atoms with Crippen LogP contribution in [0.2, 0.25) is 0 Å². The topological polar surface area (TPSA) is 24.1 Å². The van der Waals surface area contributed by atoms with Crippen molar-refractivity contribution < 1.29 is 0 Å². The second-order valence-electron chi connectivity index (χ2n) is 6.99. The lowest BCUT2D eigenvalue weighted by Crippen LogP contribution is -2.41. The van der Waals surface area contributed by atoms with E-state index in [1.54, 1.807) is 0 Å². The van der Waals surface area contributed by atoms with E-state index >= 15 is 0 Å². The molecule has 0 bridgehead atoms. The molecule has 0 aromatic heterocycles. The van der Waals surface area contributed by atoms with Crippen LogP contribution in [0, 0.1) is 11.8 Å². The van der Waals surface area contributed by atoms with E-state index in [0.717, 1.165) is 17.9 Å². The van der Waals surface area contributed by atoms with Crippen LogP contribution >= 0.6 is 0 Å². The first-order valence-corrected chi connectivity index (χ1v) is 8.74. The lowest BCUT2D eigenvalue weighted by atomic mass is 9.81. The maximum absolute atomic E-state index is 3.79. The van der Waals surface area contributed by atoms with Gasteiger partial charge >= 0.3 is 0 Å². The molecule has 1 saturated heterocycles. The van der Waals surface area contributed by atoms with Crippen LogP contribution in [0.4, 0.5) is 0 Å². The molecule has 112 valence electrons. The van der Waals surface area contributed by atoms with E-state index in [9.17, 15) is 0 Å². The molecule has 0 spiro atoms. The standard InChI is InChI=1S/C17H34N2/c1-3-15-7-9-16(10-8-15)13-19-14(2)12-17-6-4-5-11-18-17/h14-19H,3-13H2,1-2H3. The van der Waals surface area contributed by atoms with Gasteiger partial charge < -0.3 is 10.6 Å². The largest absolute Gasteiger partial charge is 0.314 e. The minimum absolute atomic E-state index is 0.680. The Bertz CT molecular complexity index is 227. The molecule has 2 rings (SSSR count). The molecule has 2 N–H and O–H groups in total. The van der Waals surface area contributed by atoms with Crippen molar-refractivity contribution in [2.75, 3.05) is 13.1 Å². The van der Waals surface area contributed by atoms with Crippen molar-refractivity contribution >= 4 is 0 Å². The monoisotopic (exact) mass is 266 g/mol. The summed E-state index contributed by atoms with van der Waals surface area (Å²) >= 11 is 0. The fraction of sp³-hybridized carbons (Fsp3) is 1.00. The molecule has 2 atom stereocenters. The predicted octanol–water partition coefficient (Wildman–Crippen LogP) is 3.71. The molecular weight excluding hydrogens is 232 g/mol. The lowest BCUT2D eigenvalue weighted by Gasteiger charge is -2.30. The highest BCUT2D eigenvalue weighted by Crippen LogP contribution is 2.30. The summed E-state index contributed by atoms with van der Waals surface area (Å²) in [7, 11) is 0. The van der Waals surface area contributed by atoms with Gasteiger partial charge in [0.1, 0.15) is 0 Å². The van der Waals surface area contributed by atoms with E-state index in [0.29, 0.717) is 6.04 Å². The highest BCUT2D eigenvalue weighted by molar-refractivity contribution is 4.79. The summed E-state index contributed by atoms with van der Waals surface area (Å²) in [5, 5.41) is 7.45. The van der Waals surface area contributed by atoms with Crippen molar-refractivity contribution in [1.29, 1.82) is 0 Å². The van der Waals surface area contributed by atoms with Crippen molar-refractivity contribution in [3.05, 3.63) is 0 Å². The van der Waals surface area contributed by atoms with Crippen molar-refractivity contribution in [1.82, 2.24) is 10.6 Å². The van der Waals surface area contributed by atoms with Crippen LogP contribution in [0.25, 0.3) is 0 Å². The van der Waals surface area contributed by atoms with Gasteiger partial charge in [-0.05, 0) is 64.0 Å². The average molecular weight is 266 g/mol. The Kier molecular flexibility index (Phi) is 6.66. The van der Waals surface area contributed by atoms with Crippen LogP contribution in [-0.2, 0) is 0 Å². The van der Waals surface area contributed by atoms with Gasteiger partial charge in [0.25, 0.3) is 0 Å². The van der Waals surface area contributed by atoms with Gasteiger partial charge in [-0.2, -0.15) is 0 Å². The minimum Gasteiger partial charge on any atom is -0.314 e.